The average Bonchev–Trinajstić information content (AvgIpc) is 3.22. The number of sulfonamides is 1. The summed E-state index contributed by atoms with van der Waals surface area (Å²) in [5.41, 5.74) is 1.03. The lowest BCUT2D eigenvalue weighted by atomic mass is 9.97. The number of methoxy groups -OCH3 is 2. The molecular formula is C21H25N3O4S2. The van der Waals surface area contributed by atoms with Crippen LogP contribution in [0.2, 0.25) is 0 Å². The summed E-state index contributed by atoms with van der Waals surface area (Å²) in [5.74, 6) is 1.19. The molecule has 9 heteroatoms. The fourth-order valence-electron chi connectivity index (χ4n) is 3.62. The zero-order valence-electron chi connectivity index (χ0n) is 17.0. The topological polar surface area (TPSA) is 80.8 Å². The molecule has 0 unspecified atom stereocenters. The molecule has 0 atom stereocenters. The van der Waals surface area contributed by atoms with Gasteiger partial charge < -0.3 is 14.4 Å². The van der Waals surface area contributed by atoms with Gasteiger partial charge in [0.05, 0.1) is 29.3 Å². The van der Waals surface area contributed by atoms with E-state index in [1.54, 1.807) is 17.4 Å². The van der Waals surface area contributed by atoms with Gasteiger partial charge >= 0.3 is 0 Å². The predicted octanol–water partition coefficient (Wildman–Crippen LogP) is 3.51. The summed E-state index contributed by atoms with van der Waals surface area (Å²) < 4.78 is 39.7. The second-order valence-corrected chi connectivity index (χ2v) is 10.0. The smallest absolute Gasteiger partial charge is 0.240 e. The van der Waals surface area contributed by atoms with E-state index in [0.29, 0.717) is 24.0 Å². The third-order valence-electron chi connectivity index (χ3n) is 5.39. The van der Waals surface area contributed by atoms with E-state index in [2.05, 4.69) is 15.7 Å². The summed E-state index contributed by atoms with van der Waals surface area (Å²) in [5, 5.41) is 1.04. The number of benzene rings is 2. The van der Waals surface area contributed by atoms with Crippen LogP contribution in [-0.2, 0) is 10.0 Å². The largest absolute Gasteiger partial charge is 0.493 e. The van der Waals surface area contributed by atoms with Crippen LogP contribution in [0, 0.1) is 5.92 Å². The van der Waals surface area contributed by atoms with Crippen LogP contribution >= 0.6 is 11.3 Å². The zero-order chi connectivity index (χ0) is 21.1. The zero-order valence-corrected chi connectivity index (χ0v) is 18.6. The van der Waals surface area contributed by atoms with Crippen LogP contribution < -0.4 is 19.1 Å². The molecule has 4 rings (SSSR count). The number of aromatic nitrogens is 1. The number of thiazole rings is 1. The molecule has 2 heterocycles. The maximum Gasteiger partial charge on any atom is 0.240 e. The van der Waals surface area contributed by atoms with Gasteiger partial charge in [0.2, 0.25) is 10.0 Å². The van der Waals surface area contributed by atoms with Gasteiger partial charge in [-0.1, -0.05) is 23.5 Å². The third-order valence-corrected chi connectivity index (χ3v) is 7.91. The summed E-state index contributed by atoms with van der Waals surface area (Å²) >= 11 is 1.71. The van der Waals surface area contributed by atoms with Crippen LogP contribution in [0.4, 0.5) is 5.13 Å². The summed E-state index contributed by atoms with van der Waals surface area (Å²) in [6.45, 7) is 2.18. The summed E-state index contributed by atoms with van der Waals surface area (Å²) in [6.07, 6.45) is 1.84. The molecule has 0 aliphatic carbocycles. The first-order chi connectivity index (χ1) is 14.5. The molecule has 1 N–H and O–H groups in total. The minimum Gasteiger partial charge on any atom is -0.493 e. The Kier molecular flexibility index (Phi) is 6.12. The Hall–Kier alpha value is -2.36. The fourth-order valence-corrected chi connectivity index (χ4v) is 5.77. The number of hydrogen-bond donors (Lipinski definition) is 1. The van der Waals surface area contributed by atoms with E-state index in [1.807, 2.05) is 18.2 Å². The van der Waals surface area contributed by atoms with Crippen molar-refractivity contribution in [2.45, 2.75) is 17.7 Å². The molecule has 1 aliphatic rings. The van der Waals surface area contributed by atoms with Crippen molar-refractivity contribution < 1.29 is 17.9 Å². The maximum absolute atomic E-state index is 12.7. The molecule has 1 saturated heterocycles. The standard InChI is InChI=1S/C21H25N3O4S2/c1-27-18-8-7-16(13-19(18)28-2)30(25,26)22-14-15-9-11-24(12-10-15)21-23-17-5-3-4-6-20(17)29-21/h3-8,13,15,22H,9-12,14H2,1-2H3. The highest BCUT2D eigenvalue weighted by atomic mass is 32.2. The first-order valence-corrected chi connectivity index (χ1v) is 12.1. The lowest BCUT2D eigenvalue weighted by Gasteiger charge is -2.31. The van der Waals surface area contributed by atoms with E-state index in [0.717, 1.165) is 36.6 Å². The van der Waals surface area contributed by atoms with E-state index in [-0.39, 0.29) is 4.90 Å². The molecular weight excluding hydrogens is 422 g/mol. The van der Waals surface area contributed by atoms with Crippen molar-refractivity contribution in [2.75, 3.05) is 38.8 Å². The number of nitrogens with zero attached hydrogens (tertiary/aromatic N) is 2. The Morgan fingerprint density at radius 1 is 1.10 bits per heavy atom. The first kappa shape index (κ1) is 20.9. The number of ether oxygens (including phenoxy) is 2. The highest BCUT2D eigenvalue weighted by molar-refractivity contribution is 7.89. The van der Waals surface area contributed by atoms with Gasteiger partial charge in [-0.15, -0.1) is 0 Å². The van der Waals surface area contributed by atoms with Gasteiger partial charge in [-0.05, 0) is 43.0 Å². The highest BCUT2D eigenvalue weighted by Gasteiger charge is 2.24. The van der Waals surface area contributed by atoms with Crippen LogP contribution in [0.3, 0.4) is 0 Å². The van der Waals surface area contributed by atoms with Gasteiger partial charge in [0, 0.05) is 25.7 Å². The second kappa shape index (κ2) is 8.79. The predicted molar refractivity (Wildman–Crippen MR) is 119 cm³/mol. The van der Waals surface area contributed by atoms with Crippen molar-refractivity contribution in [3.8, 4) is 11.5 Å². The molecule has 160 valence electrons. The van der Waals surface area contributed by atoms with Crippen molar-refractivity contribution >= 4 is 36.7 Å². The van der Waals surface area contributed by atoms with Gasteiger partial charge in [-0.25, -0.2) is 18.1 Å². The molecule has 1 aromatic heterocycles. The average molecular weight is 448 g/mol. The maximum atomic E-state index is 12.7. The van der Waals surface area contributed by atoms with E-state index in [4.69, 9.17) is 14.5 Å². The van der Waals surface area contributed by atoms with E-state index in [1.165, 1.54) is 31.1 Å². The molecule has 2 aromatic carbocycles. The molecule has 0 bridgehead atoms. The number of nitrogens with one attached hydrogen (secondary N) is 1. The van der Waals surface area contributed by atoms with Crippen molar-refractivity contribution in [1.29, 1.82) is 0 Å². The molecule has 0 radical (unpaired) electrons. The van der Waals surface area contributed by atoms with Crippen molar-refractivity contribution in [3.63, 3.8) is 0 Å². The Balaban J connectivity index is 1.35. The van der Waals surface area contributed by atoms with Crippen LogP contribution in [0.1, 0.15) is 12.8 Å². The molecule has 7 nitrogen and oxygen atoms in total. The van der Waals surface area contributed by atoms with E-state index in [9.17, 15) is 8.42 Å². The first-order valence-electron chi connectivity index (χ1n) is 9.82. The van der Waals surface area contributed by atoms with Gasteiger partial charge in [-0.2, -0.15) is 0 Å². The summed E-state index contributed by atoms with van der Waals surface area (Å²) in [4.78, 5) is 7.20. The Labute approximate surface area is 180 Å². The molecule has 1 aliphatic heterocycles. The molecule has 1 fully saturated rings. The van der Waals surface area contributed by atoms with Crippen LogP contribution in [-0.4, -0.2) is 47.3 Å². The molecule has 0 amide bonds. The summed E-state index contributed by atoms with van der Waals surface area (Å²) in [6, 6.07) is 12.8. The number of anilines is 1. The molecule has 0 spiro atoms. The lowest BCUT2D eigenvalue weighted by Crippen LogP contribution is -2.38. The lowest BCUT2D eigenvalue weighted by molar-refractivity contribution is 0.353. The number of hydrogen-bond acceptors (Lipinski definition) is 7. The Bertz CT molecular complexity index is 1090. The normalized spacial score (nSPS) is 15.5. The highest BCUT2D eigenvalue weighted by Crippen LogP contribution is 2.32. The summed E-state index contributed by atoms with van der Waals surface area (Å²) in [7, 11) is -0.604. The minimum atomic E-state index is -3.61. The van der Waals surface area contributed by atoms with Crippen molar-refractivity contribution in [2.24, 2.45) is 5.92 Å². The quantitative estimate of drug-likeness (QED) is 0.597. The number of fused-ring (bicyclic) bond motifs is 1. The molecule has 3 aromatic rings. The van der Waals surface area contributed by atoms with Crippen molar-refractivity contribution in [1.82, 2.24) is 9.71 Å². The van der Waals surface area contributed by atoms with Crippen LogP contribution in [0.15, 0.2) is 47.4 Å². The van der Waals surface area contributed by atoms with Gasteiger partial charge in [0.15, 0.2) is 16.6 Å². The Morgan fingerprint density at radius 3 is 2.53 bits per heavy atom. The van der Waals surface area contributed by atoms with Gasteiger partial charge in [-0.3, -0.25) is 0 Å². The van der Waals surface area contributed by atoms with Gasteiger partial charge in [0.1, 0.15) is 0 Å². The SMILES string of the molecule is COc1ccc(S(=O)(=O)NCC2CCN(c3nc4ccccc4s3)CC2)cc1OC. The minimum absolute atomic E-state index is 0.173. The monoisotopic (exact) mass is 447 g/mol. The van der Waals surface area contributed by atoms with Crippen LogP contribution in [0.25, 0.3) is 10.2 Å². The van der Waals surface area contributed by atoms with Crippen molar-refractivity contribution in [3.05, 3.63) is 42.5 Å². The Morgan fingerprint density at radius 2 is 1.83 bits per heavy atom. The van der Waals surface area contributed by atoms with E-state index >= 15 is 0 Å². The third kappa shape index (κ3) is 4.38. The fraction of sp³-hybridized carbons (Fsp3) is 0.381. The van der Waals surface area contributed by atoms with E-state index < -0.39 is 10.0 Å². The number of rotatable bonds is 7. The second-order valence-electron chi connectivity index (χ2n) is 7.26. The molecule has 0 saturated carbocycles. The van der Waals surface area contributed by atoms with Gasteiger partial charge in [0.25, 0.3) is 0 Å². The molecule has 30 heavy (non-hydrogen) atoms. The van der Waals surface area contributed by atoms with Crippen LogP contribution in [0.5, 0.6) is 11.5 Å². The number of para-hydroxylation sites is 1. The number of piperidine rings is 1.